The molecule has 0 spiro atoms. The predicted molar refractivity (Wildman–Crippen MR) is 52.1 cm³/mol. The van der Waals surface area contributed by atoms with Crippen molar-refractivity contribution in [2.45, 2.75) is 0 Å². The lowest BCUT2D eigenvalue weighted by atomic mass is 10.6. The van der Waals surface area contributed by atoms with E-state index in [-0.39, 0.29) is 0 Å². The molecule has 0 aliphatic heterocycles. The van der Waals surface area contributed by atoms with Crippen LogP contribution in [0.25, 0.3) is 0 Å². The summed E-state index contributed by atoms with van der Waals surface area (Å²) in [5, 5.41) is 0. The largest absolute Gasteiger partial charge is 0.450 e. The molecule has 10 heavy (non-hydrogen) atoms. The van der Waals surface area contributed by atoms with Crippen molar-refractivity contribution < 1.29 is 0 Å². The third-order valence-electron chi connectivity index (χ3n) is 0.494. The third-order valence-corrected chi connectivity index (χ3v) is 0.494. The first-order chi connectivity index (χ1) is 4.50. The normalized spacial score (nSPS) is 8.20. The van der Waals surface area contributed by atoms with Crippen molar-refractivity contribution in [2.75, 3.05) is 20.6 Å². The predicted octanol–water partition coefficient (Wildman–Crippen LogP) is 2.42. The maximum absolute atomic E-state index is 4.81. The van der Waals surface area contributed by atoms with Crippen LogP contribution in [0.1, 0.15) is 0 Å². The zero-order valence-corrected chi connectivity index (χ0v) is 8.42. The summed E-state index contributed by atoms with van der Waals surface area (Å²) in [5.41, 5.74) is 0. The van der Waals surface area contributed by atoms with Gasteiger partial charge in [-0.05, 0) is 14.1 Å². The van der Waals surface area contributed by atoms with Gasteiger partial charge in [0.05, 0.1) is 0 Å². The molecule has 60 valence electrons. The number of nitrogens with zero attached hydrogens (tertiary/aromatic N) is 1. The van der Waals surface area contributed by atoms with Gasteiger partial charge in [-0.2, -0.15) is 34.4 Å². The highest BCUT2D eigenvalue weighted by Gasteiger charge is 1.91. The Balaban J connectivity index is 0. The van der Waals surface area contributed by atoms with Crippen molar-refractivity contribution in [3.63, 3.8) is 0 Å². The molecule has 0 N–H and O–H groups in total. The maximum Gasteiger partial charge on any atom is 0.450 e. The van der Waals surface area contributed by atoms with Crippen molar-refractivity contribution in [3.05, 3.63) is 12.7 Å². The van der Waals surface area contributed by atoms with Gasteiger partial charge in [-0.1, -0.05) is 6.08 Å². The average molecular weight is 202 g/mol. The SMILES string of the molecule is C=CCN(C)C.ClB(Cl)Cl. The third kappa shape index (κ3) is 38.1. The van der Waals surface area contributed by atoms with Crippen LogP contribution >= 0.6 is 34.4 Å². The van der Waals surface area contributed by atoms with Crippen molar-refractivity contribution >= 4 is 39.3 Å². The molecule has 0 bridgehead atoms. The lowest BCUT2D eigenvalue weighted by Gasteiger charge is -2.01. The molecule has 0 aromatic rings. The molecule has 0 atom stereocenters. The first-order valence-electron chi connectivity index (χ1n) is 2.68. The molecule has 1 nitrogen and oxygen atoms in total. The van der Waals surface area contributed by atoms with Gasteiger partial charge in [0.2, 0.25) is 0 Å². The smallest absolute Gasteiger partial charge is 0.306 e. The van der Waals surface area contributed by atoms with Gasteiger partial charge in [0.1, 0.15) is 0 Å². The van der Waals surface area contributed by atoms with Crippen LogP contribution in [0, 0.1) is 0 Å². The first kappa shape index (κ1) is 13.2. The van der Waals surface area contributed by atoms with E-state index >= 15 is 0 Å². The zero-order valence-electron chi connectivity index (χ0n) is 6.15. The van der Waals surface area contributed by atoms with Crippen LogP contribution in [0.15, 0.2) is 12.7 Å². The molecule has 0 aliphatic rings. The van der Waals surface area contributed by atoms with Gasteiger partial charge < -0.3 is 4.90 Å². The standard InChI is InChI=1S/C5H11N.BCl3/c1-4-5-6(2)3;2-1(3)4/h4H,1,5H2,2-3H3;. The van der Waals surface area contributed by atoms with Gasteiger partial charge in [0, 0.05) is 6.54 Å². The molecule has 0 amide bonds. The lowest BCUT2D eigenvalue weighted by molar-refractivity contribution is 0.457. The maximum atomic E-state index is 4.81. The lowest BCUT2D eigenvalue weighted by Crippen LogP contribution is -2.09. The van der Waals surface area contributed by atoms with Gasteiger partial charge in [-0.25, -0.2) is 0 Å². The average Bonchev–Trinajstić information content (AvgIpc) is 1.62. The fraction of sp³-hybridized carbons (Fsp3) is 0.600. The van der Waals surface area contributed by atoms with Crippen molar-refractivity contribution in [1.82, 2.24) is 4.90 Å². The highest BCUT2D eigenvalue weighted by Crippen LogP contribution is 1.97. The molecular weight excluding hydrogens is 191 g/mol. The Kier molecular flexibility index (Phi) is 12.8. The second-order valence-electron chi connectivity index (χ2n) is 1.80. The van der Waals surface area contributed by atoms with E-state index in [9.17, 15) is 0 Å². The molecule has 0 saturated heterocycles. The molecule has 0 radical (unpaired) electrons. The monoisotopic (exact) mass is 201 g/mol. The summed E-state index contributed by atoms with van der Waals surface area (Å²) in [5.74, 6) is 0. The number of likely N-dealkylation sites (N-methyl/N-ethyl adjacent to an activating group) is 1. The van der Waals surface area contributed by atoms with E-state index < -0.39 is 4.96 Å². The number of hydrogen-bond acceptors (Lipinski definition) is 1. The Morgan fingerprint density at radius 1 is 1.40 bits per heavy atom. The summed E-state index contributed by atoms with van der Waals surface area (Å²) >= 11 is 14.4. The van der Waals surface area contributed by atoms with Gasteiger partial charge >= 0.3 is 4.96 Å². The van der Waals surface area contributed by atoms with E-state index in [4.69, 9.17) is 34.4 Å². The molecule has 0 aliphatic carbocycles. The minimum absolute atomic E-state index is 0.750. The zero-order chi connectivity index (χ0) is 8.57. The second-order valence-corrected chi connectivity index (χ2v) is 3.78. The second kappa shape index (κ2) is 9.63. The van der Waals surface area contributed by atoms with Gasteiger partial charge in [0.25, 0.3) is 0 Å². The number of rotatable bonds is 2. The summed E-state index contributed by atoms with van der Waals surface area (Å²) in [6, 6.07) is 0. The summed E-state index contributed by atoms with van der Waals surface area (Å²) in [6.45, 7) is 4.53. The van der Waals surface area contributed by atoms with Crippen molar-refractivity contribution in [1.29, 1.82) is 0 Å². The fourth-order valence-corrected chi connectivity index (χ4v) is 0.258. The van der Waals surface area contributed by atoms with E-state index in [1.54, 1.807) is 0 Å². The quantitative estimate of drug-likeness (QED) is 0.491. The fourth-order valence-electron chi connectivity index (χ4n) is 0.258. The number of halogens is 3. The Labute approximate surface area is 77.8 Å². The molecule has 0 aromatic heterocycles. The Bertz CT molecular complexity index is 74.5. The number of hydrogen-bond donors (Lipinski definition) is 0. The van der Waals surface area contributed by atoms with E-state index in [2.05, 4.69) is 11.5 Å². The minimum Gasteiger partial charge on any atom is -0.306 e. The molecule has 0 fully saturated rings. The molecular formula is C5H11BCl3N. The molecule has 0 saturated carbocycles. The summed E-state index contributed by atoms with van der Waals surface area (Å²) in [6.07, 6.45) is 1.88. The molecule has 0 aromatic carbocycles. The Hall–Kier alpha value is 0.635. The van der Waals surface area contributed by atoms with Crippen LogP contribution in [0.3, 0.4) is 0 Å². The van der Waals surface area contributed by atoms with Crippen molar-refractivity contribution in [3.8, 4) is 0 Å². The van der Waals surface area contributed by atoms with Crippen LogP contribution in [0.5, 0.6) is 0 Å². The Morgan fingerprint density at radius 3 is 1.70 bits per heavy atom. The van der Waals surface area contributed by atoms with Gasteiger partial charge in [-0.15, -0.1) is 6.58 Å². The molecule has 5 heteroatoms. The van der Waals surface area contributed by atoms with Gasteiger partial charge in [0.15, 0.2) is 0 Å². The molecule has 0 unspecified atom stereocenters. The highest BCUT2D eigenvalue weighted by atomic mass is 35.6. The first-order valence-corrected chi connectivity index (χ1v) is 3.99. The van der Waals surface area contributed by atoms with E-state index in [1.807, 2.05) is 20.2 Å². The van der Waals surface area contributed by atoms with Crippen LogP contribution in [0.2, 0.25) is 0 Å². The summed E-state index contributed by atoms with van der Waals surface area (Å²) in [7, 11) is 4.03. The Morgan fingerprint density at radius 2 is 1.70 bits per heavy atom. The molecule has 0 rings (SSSR count). The van der Waals surface area contributed by atoms with Crippen LogP contribution in [-0.2, 0) is 0 Å². The summed E-state index contributed by atoms with van der Waals surface area (Å²) in [4.78, 5) is 1.31. The van der Waals surface area contributed by atoms with E-state index in [0.29, 0.717) is 0 Å². The van der Waals surface area contributed by atoms with E-state index in [0.717, 1.165) is 6.54 Å². The van der Waals surface area contributed by atoms with E-state index in [1.165, 1.54) is 0 Å². The minimum atomic E-state index is -0.750. The van der Waals surface area contributed by atoms with Crippen molar-refractivity contribution in [2.24, 2.45) is 0 Å². The topological polar surface area (TPSA) is 3.24 Å². The molecule has 0 heterocycles. The highest BCUT2D eigenvalue weighted by molar-refractivity contribution is 7.54. The van der Waals surface area contributed by atoms with Crippen LogP contribution < -0.4 is 0 Å². The summed E-state index contributed by atoms with van der Waals surface area (Å²) < 4.78 is 0. The van der Waals surface area contributed by atoms with Gasteiger partial charge in [-0.3, -0.25) is 0 Å². The van der Waals surface area contributed by atoms with Crippen LogP contribution in [-0.4, -0.2) is 30.5 Å². The van der Waals surface area contributed by atoms with Crippen LogP contribution in [0.4, 0.5) is 0 Å².